The summed E-state index contributed by atoms with van der Waals surface area (Å²) in [6, 6.07) is 1.05. The van der Waals surface area contributed by atoms with E-state index in [1.165, 1.54) is 19.3 Å². The molecular weight excluding hydrogens is 216 g/mol. The van der Waals surface area contributed by atoms with Crippen LogP contribution >= 0.6 is 0 Å². The molecular formula is C13H26N2O2. The zero-order valence-electron chi connectivity index (χ0n) is 10.9. The molecule has 2 rings (SSSR count). The molecule has 0 bridgehead atoms. The first-order valence-electron chi connectivity index (χ1n) is 7.05. The normalized spacial score (nSPS) is 31.4. The van der Waals surface area contributed by atoms with E-state index >= 15 is 0 Å². The fourth-order valence-electron chi connectivity index (χ4n) is 3.22. The molecule has 1 saturated heterocycles. The van der Waals surface area contributed by atoms with Crippen LogP contribution in [0.3, 0.4) is 0 Å². The Morgan fingerprint density at radius 3 is 3.12 bits per heavy atom. The minimum absolute atomic E-state index is 0.274. The highest BCUT2D eigenvalue weighted by Crippen LogP contribution is 2.29. The largest absolute Gasteiger partial charge is 0.396 e. The molecule has 0 amide bonds. The van der Waals surface area contributed by atoms with Crippen LogP contribution in [0.1, 0.15) is 32.6 Å². The predicted molar refractivity (Wildman–Crippen MR) is 68.1 cm³/mol. The lowest BCUT2D eigenvalue weighted by atomic mass is 10.1. The topological polar surface area (TPSA) is 44.7 Å². The summed E-state index contributed by atoms with van der Waals surface area (Å²) in [7, 11) is 0. The van der Waals surface area contributed by atoms with Gasteiger partial charge in [-0.3, -0.25) is 4.90 Å². The SMILES string of the molecule is CCNC(CCO)CN1CCOC2CCCC21. The maximum absolute atomic E-state index is 9.10. The molecule has 3 atom stereocenters. The summed E-state index contributed by atoms with van der Waals surface area (Å²) in [6.45, 7) is 6.35. The maximum Gasteiger partial charge on any atom is 0.0730 e. The van der Waals surface area contributed by atoms with Gasteiger partial charge in [-0.25, -0.2) is 0 Å². The smallest absolute Gasteiger partial charge is 0.0730 e. The first-order chi connectivity index (χ1) is 8.35. The van der Waals surface area contributed by atoms with Gasteiger partial charge in [0.2, 0.25) is 0 Å². The number of likely N-dealkylation sites (N-methyl/N-ethyl adjacent to an activating group) is 1. The van der Waals surface area contributed by atoms with Crippen molar-refractivity contribution in [2.45, 2.75) is 50.8 Å². The predicted octanol–water partition coefficient (Wildman–Crippen LogP) is 0.600. The molecule has 4 heteroatoms. The van der Waals surface area contributed by atoms with Gasteiger partial charge in [0, 0.05) is 31.8 Å². The fraction of sp³-hybridized carbons (Fsp3) is 1.00. The van der Waals surface area contributed by atoms with E-state index in [9.17, 15) is 0 Å². The summed E-state index contributed by atoms with van der Waals surface area (Å²) >= 11 is 0. The minimum Gasteiger partial charge on any atom is -0.396 e. The fourth-order valence-corrected chi connectivity index (χ4v) is 3.22. The Morgan fingerprint density at radius 2 is 2.35 bits per heavy atom. The molecule has 0 aromatic heterocycles. The number of nitrogens with one attached hydrogen (secondary N) is 1. The molecule has 1 aliphatic heterocycles. The molecule has 2 N–H and O–H groups in total. The van der Waals surface area contributed by atoms with Gasteiger partial charge in [0.25, 0.3) is 0 Å². The van der Waals surface area contributed by atoms with Crippen LogP contribution < -0.4 is 5.32 Å². The Balaban J connectivity index is 1.86. The number of fused-ring (bicyclic) bond motifs is 1. The first kappa shape index (κ1) is 13.3. The molecule has 0 aromatic carbocycles. The lowest BCUT2D eigenvalue weighted by Gasteiger charge is -2.39. The van der Waals surface area contributed by atoms with Gasteiger partial charge in [0.05, 0.1) is 12.7 Å². The van der Waals surface area contributed by atoms with Crippen LogP contribution in [0, 0.1) is 0 Å². The van der Waals surface area contributed by atoms with Crippen molar-refractivity contribution in [1.82, 2.24) is 10.2 Å². The Labute approximate surface area is 104 Å². The molecule has 17 heavy (non-hydrogen) atoms. The van der Waals surface area contributed by atoms with Crippen LogP contribution in [0.25, 0.3) is 0 Å². The quantitative estimate of drug-likeness (QED) is 0.716. The summed E-state index contributed by atoms with van der Waals surface area (Å²) in [4.78, 5) is 2.57. The van der Waals surface area contributed by atoms with E-state index in [0.717, 1.165) is 32.7 Å². The van der Waals surface area contributed by atoms with Crippen molar-refractivity contribution in [2.75, 3.05) is 32.8 Å². The van der Waals surface area contributed by atoms with Crippen molar-refractivity contribution in [3.63, 3.8) is 0 Å². The number of rotatable bonds is 6. The van der Waals surface area contributed by atoms with Crippen LogP contribution in [0.5, 0.6) is 0 Å². The Bertz CT molecular complexity index is 219. The number of morpholine rings is 1. The van der Waals surface area contributed by atoms with Crippen LogP contribution in [0.4, 0.5) is 0 Å². The van der Waals surface area contributed by atoms with Crippen molar-refractivity contribution < 1.29 is 9.84 Å². The highest BCUT2D eigenvalue weighted by molar-refractivity contribution is 4.90. The van der Waals surface area contributed by atoms with Crippen LogP contribution in [0.2, 0.25) is 0 Å². The number of ether oxygens (including phenoxy) is 1. The zero-order chi connectivity index (χ0) is 12.1. The summed E-state index contributed by atoms with van der Waals surface area (Å²) < 4.78 is 5.82. The lowest BCUT2D eigenvalue weighted by molar-refractivity contribution is -0.0586. The number of aliphatic hydroxyl groups excluding tert-OH is 1. The van der Waals surface area contributed by atoms with Gasteiger partial charge in [-0.05, 0) is 32.2 Å². The molecule has 3 unspecified atom stereocenters. The molecule has 1 saturated carbocycles. The highest BCUT2D eigenvalue weighted by Gasteiger charge is 2.36. The van der Waals surface area contributed by atoms with Crippen LogP contribution in [-0.4, -0.2) is 61.0 Å². The van der Waals surface area contributed by atoms with Crippen molar-refractivity contribution in [3.8, 4) is 0 Å². The van der Waals surface area contributed by atoms with Crippen LogP contribution in [0.15, 0.2) is 0 Å². The summed E-state index contributed by atoms with van der Waals surface area (Å²) in [5.74, 6) is 0. The van der Waals surface area contributed by atoms with Gasteiger partial charge in [0.15, 0.2) is 0 Å². The monoisotopic (exact) mass is 242 g/mol. The van der Waals surface area contributed by atoms with E-state index in [1.807, 2.05) is 0 Å². The minimum atomic E-state index is 0.274. The number of hydrogen-bond donors (Lipinski definition) is 2. The van der Waals surface area contributed by atoms with Gasteiger partial charge in [-0.2, -0.15) is 0 Å². The molecule has 4 nitrogen and oxygen atoms in total. The number of aliphatic hydroxyl groups is 1. The zero-order valence-corrected chi connectivity index (χ0v) is 10.9. The van der Waals surface area contributed by atoms with E-state index in [1.54, 1.807) is 0 Å². The van der Waals surface area contributed by atoms with Gasteiger partial charge >= 0.3 is 0 Å². The summed E-state index contributed by atoms with van der Waals surface area (Å²) in [6.07, 6.45) is 5.14. The highest BCUT2D eigenvalue weighted by atomic mass is 16.5. The van der Waals surface area contributed by atoms with Gasteiger partial charge < -0.3 is 15.2 Å². The standard InChI is InChI=1S/C13H26N2O2/c1-2-14-11(6-8-16)10-15-7-9-17-13-5-3-4-12(13)15/h11-14,16H,2-10H2,1H3. The molecule has 1 heterocycles. The van der Waals surface area contributed by atoms with E-state index in [-0.39, 0.29) is 6.61 Å². The summed E-state index contributed by atoms with van der Waals surface area (Å²) in [5.41, 5.74) is 0. The van der Waals surface area contributed by atoms with E-state index in [0.29, 0.717) is 18.2 Å². The van der Waals surface area contributed by atoms with Crippen molar-refractivity contribution in [2.24, 2.45) is 0 Å². The number of nitrogens with zero attached hydrogens (tertiary/aromatic N) is 1. The van der Waals surface area contributed by atoms with Gasteiger partial charge in [-0.15, -0.1) is 0 Å². The molecule has 100 valence electrons. The number of hydrogen-bond acceptors (Lipinski definition) is 4. The third-order valence-electron chi connectivity index (χ3n) is 4.02. The maximum atomic E-state index is 9.10. The molecule has 0 spiro atoms. The Kier molecular flexibility index (Phi) is 5.22. The Morgan fingerprint density at radius 1 is 1.47 bits per heavy atom. The van der Waals surface area contributed by atoms with Crippen LogP contribution in [-0.2, 0) is 4.74 Å². The molecule has 1 aliphatic carbocycles. The van der Waals surface area contributed by atoms with Gasteiger partial charge in [0.1, 0.15) is 0 Å². The average Bonchev–Trinajstić information content (AvgIpc) is 2.79. The average molecular weight is 242 g/mol. The lowest BCUT2D eigenvalue weighted by Crippen LogP contribution is -2.53. The van der Waals surface area contributed by atoms with E-state index < -0.39 is 0 Å². The molecule has 0 aromatic rings. The van der Waals surface area contributed by atoms with Crippen molar-refractivity contribution >= 4 is 0 Å². The van der Waals surface area contributed by atoms with E-state index in [2.05, 4.69) is 17.1 Å². The Hall–Kier alpha value is -0.160. The third-order valence-corrected chi connectivity index (χ3v) is 4.02. The second kappa shape index (κ2) is 6.69. The molecule has 0 radical (unpaired) electrons. The third kappa shape index (κ3) is 3.41. The second-order valence-electron chi connectivity index (χ2n) is 5.17. The van der Waals surface area contributed by atoms with Crippen molar-refractivity contribution in [1.29, 1.82) is 0 Å². The van der Waals surface area contributed by atoms with Gasteiger partial charge in [-0.1, -0.05) is 6.92 Å². The van der Waals surface area contributed by atoms with E-state index in [4.69, 9.17) is 9.84 Å². The summed E-state index contributed by atoms with van der Waals surface area (Å²) in [5, 5.41) is 12.6. The first-order valence-corrected chi connectivity index (χ1v) is 7.05. The molecule has 2 fully saturated rings. The molecule has 2 aliphatic rings. The second-order valence-corrected chi connectivity index (χ2v) is 5.17. The van der Waals surface area contributed by atoms with Crippen molar-refractivity contribution in [3.05, 3.63) is 0 Å².